The van der Waals surface area contributed by atoms with E-state index in [1.165, 1.54) is 0 Å². The zero-order valence-corrected chi connectivity index (χ0v) is 14.2. The second-order valence-electron chi connectivity index (χ2n) is 4.34. The number of pyridine rings is 1. The normalized spacial score (nSPS) is 10.2. The van der Waals surface area contributed by atoms with Crippen LogP contribution in [-0.2, 0) is 0 Å². The molecule has 0 radical (unpaired) electrons. The number of carbonyl (C=O) groups is 1. The molecular weight excluding hydrogens is 386 g/mol. The van der Waals surface area contributed by atoms with Crippen LogP contribution in [0.2, 0.25) is 0 Å². The number of halogens is 2. The maximum atomic E-state index is 12.3. The van der Waals surface area contributed by atoms with E-state index in [0.29, 0.717) is 10.2 Å². The highest BCUT2D eigenvalue weighted by molar-refractivity contribution is 9.10. The van der Waals surface area contributed by atoms with Crippen molar-refractivity contribution >= 4 is 49.1 Å². The lowest BCUT2D eigenvalue weighted by Crippen LogP contribution is -2.18. The fraction of sp³-hybridized carbons (Fsp3) is 0.143. The maximum absolute atomic E-state index is 12.3. The molecule has 0 bridgehead atoms. The molecule has 0 aliphatic rings. The summed E-state index contributed by atoms with van der Waals surface area (Å²) in [5.41, 5.74) is 2.01. The summed E-state index contributed by atoms with van der Waals surface area (Å²) in [7, 11) is 3.85. The van der Waals surface area contributed by atoms with Gasteiger partial charge in [0.2, 0.25) is 0 Å². The maximum Gasteiger partial charge on any atom is 0.275 e. The van der Waals surface area contributed by atoms with E-state index >= 15 is 0 Å². The first kappa shape index (κ1) is 15.0. The second kappa shape index (κ2) is 6.37. The van der Waals surface area contributed by atoms with Gasteiger partial charge in [-0.25, -0.2) is 4.98 Å². The Bertz CT molecular complexity index is 644. The van der Waals surface area contributed by atoms with Crippen LogP contribution in [0.15, 0.2) is 45.5 Å². The quantitative estimate of drug-likeness (QED) is 0.851. The highest BCUT2D eigenvalue weighted by atomic mass is 79.9. The molecule has 0 saturated heterocycles. The number of nitrogens with zero attached hydrogens (tertiary/aromatic N) is 2. The number of hydrogen-bond acceptors (Lipinski definition) is 3. The molecule has 104 valence electrons. The predicted molar refractivity (Wildman–Crippen MR) is 88.4 cm³/mol. The lowest BCUT2D eigenvalue weighted by atomic mass is 10.2. The number of carbonyl (C=O) groups excluding carboxylic acids is 1. The highest BCUT2D eigenvalue weighted by Gasteiger charge is 2.14. The van der Waals surface area contributed by atoms with E-state index in [1.807, 2.05) is 37.2 Å². The molecule has 0 aliphatic carbocycles. The van der Waals surface area contributed by atoms with Crippen LogP contribution in [-0.4, -0.2) is 25.0 Å². The Hall–Kier alpha value is -1.40. The van der Waals surface area contributed by atoms with Gasteiger partial charge in [-0.1, -0.05) is 15.9 Å². The van der Waals surface area contributed by atoms with E-state index in [9.17, 15) is 4.79 Å². The van der Waals surface area contributed by atoms with Crippen molar-refractivity contribution in [1.82, 2.24) is 4.98 Å². The summed E-state index contributed by atoms with van der Waals surface area (Å²) in [6.07, 6.45) is 1.59. The molecule has 6 heteroatoms. The van der Waals surface area contributed by atoms with Gasteiger partial charge >= 0.3 is 0 Å². The number of amides is 1. The molecule has 1 amide bonds. The largest absolute Gasteiger partial charge is 0.376 e. The van der Waals surface area contributed by atoms with Crippen molar-refractivity contribution in [1.29, 1.82) is 0 Å². The van der Waals surface area contributed by atoms with Crippen LogP contribution in [0.3, 0.4) is 0 Å². The summed E-state index contributed by atoms with van der Waals surface area (Å²) in [5.74, 6) is -0.251. The first-order valence-corrected chi connectivity index (χ1v) is 7.46. The van der Waals surface area contributed by atoms with Crippen LogP contribution in [0.5, 0.6) is 0 Å². The Balaban J connectivity index is 2.33. The minimum absolute atomic E-state index is 0.251. The highest BCUT2D eigenvalue weighted by Crippen LogP contribution is 2.28. The summed E-state index contributed by atoms with van der Waals surface area (Å²) < 4.78 is 1.57. The summed E-state index contributed by atoms with van der Waals surface area (Å²) in [4.78, 5) is 18.3. The van der Waals surface area contributed by atoms with Gasteiger partial charge in [-0.05, 0) is 46.3 Å². The Kier molecular flexibility index (Phi) is 4.77. The summed E-state index contributed by atoms with van der Waals surface area (Å²) >= 11 is 6.74. The minimum Gasteiger partial charge on any atom is -0.376 e. The van der Waals surface area contributed by atoms with Crippen LogP contribution in [0.25, 0.3) is 0 Å². The fourth-order valence-corrected chi connectivity index (χ4v) is 2.53. The zero-order chi connectivity index (χ0) is 14.7. The van der Waals surface area contributed by atoms with Crippen molar-refractivity contribution in [3.8, 4) is 0 Å². The van der Waals surface area contributed by atoms with E-state index in [1.54, 1.807) is 18.3 Å². The van der Waals surface area contributed by atoms with Crippen LogP contribution >= 0.6 is 31.9 Å². The molecule has 0 spiro atoms. The van der Waals surface area contributed by atoms with E-state index in [4.69, 9.17) is 0 Å². The molecule has 20 heavy (non-hydrogen) atoms. The standard InChI is InChI=1S/C14H13Br2N3O/c1-19(2)12-6-5-9(15)8-11(12)18-14(20)13-10(16)4-3-7-17-13/h3-8H,1-2H3,(H,18,20). The van der Waals surface area contributed by atoms with E-state index in [2.05, 4.69) is 42.2 Å². The monoisotopic (exact) mass is 397 g/mol. The number of hydrogen-bond donors (Lipinski definition) is 1. The van der Waals surface area contributed by atoms with Gasteiger partial charge in [0.1, 0.15) is 5.69 Å². The number of nitrogens with one attached hydrogen (secondary N) is 1. The first-order chi connectivity index (χ1) is 9.49. The third-order valence-electron chi connectivity index (χ3n) is 2.66. The van der Waals surface area contributed by atoms with Crippen molar-refractivity contribution in [2.75, 3.05) is 24.3 Å². The molecule has 0 fully saturated rings. The van der Waals surface area contributed by atoms with Crippen molar-refractivity contribution < 1.29 is 4.79 Å². The summed E-state index contributed by atoms with van der Waals surface area (Å²) in [6.45, 7) is 0. The molecule has 1 heterocycles. The van der Waals surface area contributed by atoms with E-state index in [0.717, 1.165) is 15.8 Å². The average molecular weight is 399 g/mol. The van der Waals surface area contributed by atoms with Gasteiger partial charge in [-0.2, -0.15) is 0 Å². The van der Waals surface area contributed by atoms with Gasteiger partial charge in [0, 0.05) is 29.2 Å². The van der Waals surface area contributed by atoms with Crippen LogP contribution < -0.4 is 10.2 Å². The van der Waals surface area contributed by atoms with Gasteiger partial charge in [0.15, 0.2) is 0 Å². The number of benzene rings is 1. The molecule has 1 aromatic carbocycles. The summed E-state index contributed by atoms with van der Waals surface area (Å²) in [6, 6.07) is 9.29. The predicted octanol–water partition coefficient (Wildman–Crippen LogP) is 3.92. The zero-order valence-electron chi connectivity index (χ0n) is 11.0. The first-order valence-electron chi connectivity index (χ1n) is 5.88. The van der Waals surface area contributed by atoms with Crippen LogP contribution in [0.1, 0.15) is 10.5 Å². The molecule has 0 unspecified atom stereocenters. The van der Waals surface area contributed by atoms with Gasteiger partial charge < -0.3 is 10.2 Å². The van der Waals surface area contributed by atoms with Gasteiger partial charge in [-0.3, -0.25) is 4.79 Å². The molecule has 2 aromatic rings. The lowest BCUT2D eigenvalue weighted by Gasteiger charge is -2.18. The minimum atomic E-state index is -0.251. The van der Waals surface area contributed by atoms with Crippen LogP contribution in [0.4, 0.5) is 11.4 Å². The number of rotatable bonds is 3. The smallest absolute Gasteiger partial charge is 0.275 e. The van der Waals surface area contributed by atoms with E-state index < -0.39 is 0 Å². The SMILES string of the molecule is CN(C)c1ccc(Br)cc1NC(=O)c1ncccc1Br. The van der Waals surface area contributed by atoms with E-state index in [-0.39, 0.29) is 5.91 Å². The van der Waals surface area contributed by atoms with Crippen molar-refractivity contribution in [3.63, 3.8) is 0 Å². The molecule has 1 N–H and O–H groups in total. The molecule has 0 aliphatic heterocycles. The molecule has 4 nitrogen and oxygen atoms in total. The van der Waals surface area contributed by atoms with Gasteiger partial charge in [0.25, 0.3) is 5.91 Å². The second-order valence-corrected chi connectivity index (χ2v) is 6.11. The Morgan fingerprint density at radius 2 is 2.00 bits per heavy atom. The summed E-state index contributed by atoms with van der Waals surface area (Å²) in [5, 5.41) is 2.89. The topological polar surface area (TPSA) is 45.2 Å². The molecule has 0 atom stereocenters. The average Bonchev–Trinajstić information content (AvgIpc) is 2.38. The molecule has 1 aromatic heterocycles. The molecule has 2 rings (SSSR count). The van der Waals surface area contributed by atoms with Crippen LogP contribution in [0, 0.1) is 0 Å². The van der Waals surface area contributed by atoms with Gasteiger partial charge in [0.05, 0.1) is 11.4 Å². The van der Waals surface area contributed by atoms with Gasteiger partial charge in [-0.15, -0.1) is 0 Å². The van der Waals surface area contributed by atoms with Crippen molar-refractivity contribution in [2.24, 2.45) is 0 Å². The lowest BCUT2D eigenvalue weighted by molar-refractivity contribution is 0.102. The fourth-order valence-electron chi connectivity index (χ4n) is 1.73. The number of anilines is 2. The Morgan fingerprint density at radius 1 is 1.25 bits per heavy atom. The molecular formula is C14H13Br2N3O. The third-order valence-corrected chi connectivity index (χ3v) is 3.80. The molecule has 0 saturated carbocycles. The van der Waals surface area contributed by atoms with Crippen molar-refractivity contribution in [2.45, 2.75) is 0 Å². The third kappa shape index (κ3) is 3.37. The Labute approximate surface area is 134 Å². The van der Waals surface area contributed by atoms with Crippen molar-refractivity contribution in [3.05, 3.63) is 51.2 Å². The number of aromatic nitrogens is 1. The Morgan fingerprint density at radius 3 is 2.65 bits per heavy atom.